The number of aryl methyl sites for hydroxylation is 1. The lowest BCUT2D eigenvalue weighted by molar-refractivity contribution is 0.0698. The topological polar surface area (TPSA) is 46.3 Å². The molecule has 1 saturated heterocycles. The van der Waals surface area contributed by atoms with Crippen LogP contribution in [0.15, 0.2) is 12.1 Å². The standard InChI is InChI=1S/C13H20N2OS/c1-2-11-3-4-12(17-11)13(16)15-7-5-10(9-14)6-8-15/h3-4,10H,2,5-9,14H2,1H3. The fourth-order valence-electron chi connectivity index (χ4n) is 2.21. The lowest BCUT2D eigenvalue weighted by atomic mass is 9.97. The molecule has 0 bridgehead atoms. The number of hydrogen-bond acceptors (Lipinski definition) is 3. The molecule has 0 radical (unpaired) electrons. The fraction of sp³-hybridized carbons (Fsp3) is 0.615. The van der Waals surface area contributed by atoms with E-state index in [2.05, 4.69) is 13.0 Å². The second-order valence-corrected chi connectivity index (χ2v) is 5.76. The van der Waals surface area contributed by atoms with Crippen LogP contribution in [0.2, 0.25) is 0 Å². The van der Waals surface area contributed by atoms with Crippen molar-refractivity contribution >= 4 is 17.2 Å². The van der Waals surface area contributed by atoms with Crippen LogP contribution in [0.25, 0.3) is 0 Å². The summed E-state index contributed by atoms with van der Waals surface area (Å²) in [5.74, 6) is 0.804. The molecule has 0 aliphatic carbocycles. The molecule has 0 aromatic carbocycles. The maximum Gasteiger partial charge on any atom is 0.263 e. The molecule has 2 heterocycles. The third-order valence-corrected chi connectivity index (χ3v) is 4.67. The molecule has 1 aliphatic rings. The van der Waals surface area contributed by atoms with E-state index in [9.17, 15) is 4.79 Å². The van der Waals surface area contributed by atoms with Crippen LogP contribution in [0.4, 0.5) is 0 Å². The quantitative estimate of drug-likeness (QED) is 0.895. The number of carbonyl (C=O) groups is 1. The number of thiophene rings is 1. The molecule has 2 N–H and O–H groups in total. The molecule has 1 aromatic heterocycles. The van der Waals surface area contributed by atoms with E-state index < -0.39 is 0 Å². The minimum Gasteiger partial charge on any atom is -0.338 e. The zero-order valence-electron chi connectivity index (χ0n) is 10.3. The van der Waals surface area contributed by atoms with E-state index in [0.717, 1.165) is 43.8 Å². The SMILES string of the molecule is CCc1ccc(C(=O)N2CCC(CN)CC2)s1. The molecule has 0 unspecified atom stereocenters. The number of carbonyl (C=O) groups excluding carboxylic acids is 1. The third-order valence-electron chi connectivity index (χ3n) is 3.46. The third kappa shape index (κ3) is 2.87. The van der Waals surface area contributed by atoms with E-state index in [0.29, 0.717) is 5.92 Å². The van der Waals surface area contributed by atoms with E-state index in [1.54, 1.807) is 11.3 Å². The molecule has 17 heavy (non-hydrogen) atoms. The molecule has 1 aliphatic heterocycles. The van der Waals surface area contributed by atoms with E-state index in [1.807, 2.05) is 11.0 Å². The van der Waals surface area contributed by atoms with Crippen LogP contribution in [-0.4, -0.2) is 30.4 Å². The van der Waals surface area contributed by atoms with Gasteiger partial charge in [-0.25, -0.2) is 0 Å². The number of hydrogen-bond donors (Lipinski definition) is 1. The van der Waals surface area contributed by atoms with Gasteiger partial charge in [-0.3, -0.25) is 4.79 Å². The van der Waals surface area contributed by atoms with Gasteiger partial charge < -0.3 is 10.6 Å². The summed E-state index contributed by atoms with van der Waals surface area (Å²) < 4.78 is 0. The normalized spacial score (nSPS) is 17.4. The molecule has 1 amide bonds. The second-order valence-electron chi connectivity index (χ2n) is 4.59. The van der Waals surface area contributed by atoms with Crippen molar-refractivity contribution in [1.29, 1.82) is 0 Å². The Balaban J connectivity index is 1.96. The summed E-state index contributed by atoms with van der Waals surface area (Å²) in [4.78, 5) is 16.4. The van der Waals surface area contributed by atoms with Crippen molar-refractivity contribution in [3.05, 3.63) is 21.9 Å². The Hall–Kier alpha value is -0.870. The fourth-order valence-corrected chi connectivity index (χ4v) is 3.13. The van der Waals surface area contributed by atoms with E-state index in [-0.39, 0.29) is 5.91 Å². The molecule has 2 rings (SSSR count). The van der Waals surface area contributed by atoms with Gasteiger partial charge in [0.1, 0.15) is 0 Å². The number of piperidine rings is 1. The Kier molecular flexibility index (Phi) is 4.18. The predicted molar refractivity (Wildman–Crippen MR) is 71.4 cm³/mol. The number of rotatable bonds is 3. The first-order valence-electron chi connectivity index (χ1n) is 6.32. The van der Waals surface area contributed by atoms with Gasteiger partial charge in [-0.15, -0.1) is 11.3 Å². The van der Waals surface area contributed by atoms with Gasteiger partial charge in [0.05, 0.1) is 4.88 Å². The van der Waals surface area contributed by atoms with Crippen molar-refractivity contribution < 1.29 is 4.79 Å². The van der Waals surface area contributed by atoms with Gasteiger partial charge in [0.2, 0.25) is 0 Å². The Bertz CT molecular complexity index is 381. The highest BCUT2D eigenvalue weighted by Crippen LogP contribution is 2.22. The van der Waals surface area contributed by atoms with Crippen molar-refractivity contribution in [3.8, 4) is 0 Å². The summed E-state index contributed by atoms with van der Waals surface area (Å²) >= 11 is 1.63. The molecule has 1 aromatic rings. The molecular weight excluding hydrogens is 232 g/mol. The van der Waals surface area contributed by atoms with Gasteiger partial charge in [0.15, 0.2) is 0 Å². The first kappa shape index (κ1) is 12.6. The molecule has 0 spiro atoms. The van der Waals surface area contributed by atoms with Crippen molar-refractivity contribution in [1.82, 2.24) is 4.90 Å². The predicted octanol–water partition coefficient (Wildman–Crippen LogP) is 2.12. The summed E-state index contributed by atoms with van der Waals surface area (Å²) in [6.07, 6.45) is 3.11. The van der Waals surface area contributed by atoms with Crippen molar-refractivity contribution in [2.75, 3.05) is 19.6 Å². The molecule has 4 heteroatoms. The lowest BCUT2D eigenvalue weighted by Crippen LogP contribution is -2.39. The molecule has 1 fully saturated rings. The maximum absolute atomic E-state index is 12.2. The minimum absolute atomic E-state index is 0.199. The lowest BCUT2D eigenvalue weighted by Gasteiger charge is -2.31. The van der Waals surface area contributed by atoms with Crippen LogP contribution in [0.1, 0.15) is 34.3 Å². The summed E-state index contributed by atoms with van der Waals surface area (Å²) in [7, 11) is 0. The van der Waals surface area contributed by atoms with E-state index in [1.165, 1.54) is 4.88 Å². The second kappa shape index (κ2) is 5.65. The van der Waals surface area contributed by atoms with Crippen LogP contribution in [-0.2, 0) is 6.42 Å². The summed E-state index contributed by atoms with van der Waals surface area (Å²) in [6, 6.07) is 4.02. The van der Waals surface area contributed by atoms with Gasteiger partial charge in [-0.2, -0.15) is 0 Å². The van der Waals surface area contributed by atoms with Gasteiger partial charge in [-0.1, -0.05) is 6.92 Å². The number of nitrogens with two attached hydrogens (primary N) is 1. The van der Waals surface area contributed by atoms with Crippen LogP contribution >= 0.6 is 11.3 Å². The van der Waals surface area contributed by atoms with E-state index in [4.69, 9.17) is 5.73 Å². The first-order valence-corrected chi connectivity index (χ1v) is 7.14. The van der Waals surface area contributed by atoms with Gasteiger partial charge in [0, 0.05) is 18.0 Å². The summed E-state index contributed by atoms with van der Waals surface area (Å²) in [5, 5.41) is 0. The highest BCUT2D eigenvalue weighted by Gasteiger charge is 2.23. The number of likely N-dealkylation sites (tertiary alicyclic amines) is 1. The van der Waals surface area contributed by atoms with Crippen LogP contribution in [0.5, 0.6) is 0 Å². The molecule has 94 valence electrons. The molecule has 0 saturated carbocycles. The average Bonchev–Trinajstić information content (AvgIpc) is 2.87. The number of amides is 1. The van der Waals surface area contributed by atoms with Crippen molar-refractivity contribution in [2.24, 2.45) is 11.7 Å². The smallest absolute Gasteiger partial charge is 0.263 e. The summed E-state index contributed by atoms with van der Waals surface area (Å²) in [6.45, 7) is 4.59. The monoisotopic (exact) mass is 252 g/mol. The Morgan fingerprint density at radius 2 is 2.18 bits per heavy atom. The Morgan fingerprint density at radius 3 is 2.71 bits per heavy atom. The van der Waals surface area contributed by atoms with Gasteiger partial charge >= 0.3 is 0 Å². The first-order chi connectivity index (χ1) is 8.24. The highest BCUT2D eigenvalue weighted by atomic mass is 32.1. The van der Waals surface area contributed by atoms with Crippen LogP contribution in [0.3, 0.4) is 0 Å². The zero-order valence-corrected chi connectivity index (χ0v) is 11.1. The molecule has 3 nitrogen and oxygen atoms in total. The largest absolute Gasteiger partial charge is 0.338 e. The number of nitrogens with zero attached hydrogens (tertiary/aromatic N) is 1. The van der Waals surface area contributed by atoms with E-state index >= 15 is 0 Å². The van der Waals surface area contributed by atoms with Gasteiger partial charge in [-0.05, 0) is 43.9 Å². The van der Waals surface area contributed by atoms with Gasteiger partial charge in [0.25, 0.3) is 5.91 Å². The molecular formula is C13H20N2OS. The van der Waals surface area contributed by atoms with Crippen molar-refractivity contribution in [3.63, 3.8) is 0 Å². The van der Waals surface area contributed by atoms with Crippen molar-refractivity contribution in [2.45, 2.75) is 26.2 Å². The Labute approximate surface area is 107 Å². The highest BCUT2D eigenvalue weighted by molar-refractivity contribution is 7.14. The molecule has 0 atom stereocenters. The minimum atomic E-state index is 0.199. The van der Waals surface area contributed by atoms with Crippen LogP contribution in [0, 0.1) is 5.92 Å². The maximum atomic E-state index is 12.2. The Morgan fingerprint density at radius 1 is 1.47 bits per heavy atom. The summed E-state index contributed by atoms with van der Waals surface area (Å²) in [5.41, 5.74) is 5.66. The van der Waals surface area contributed by atoms with Crippen LogP contribution < -0.4 is 5.73 Å². The zero-order chi connectivity index (χ0) is 12.3. The average molecular weight is 252 g/mol.